The number of fused-ring (bicyclic) bond motifs is 1. The number of nitrogens with one attached hydrogen (secondary N) is 2. The van der Waals surface area contributed by atoms with E-state index in [1.165, 1.54) is 36.6 Å². The molecule has 0 bridgehead atoms. The average Bonchev–Trinajstić information content (AvgIpc) is 2.69. The van der Waals surface area contributed by atoms with Crippen LogP contribution in [0.5, 0.6) is 11.5 Å². The maximum Gasteiger partial charge on any atom is 0.334 e. The molecule has 9 nitrogen and oxygen atoms in total. The lowest BCUT2D eigenvalue weighted by atomic mass is 10.1. The molecule has 9 heteroatoms. The monoisotopic (exact) mass is 393 g/mol. The van der Waals surface area contributed by atoms with Crippen molar-refractivity contribution in [2.75, 3.05) is 11.9 Å². The van der Waals surface area contributed by atoms with E-state index in [4.69, 9.17) is 0 Å². The number of benzene rings is 1. The molecule has 0 unspecified atom stereocenters. The van der Waals surface area contributed by atoms with Gasteiger partial charge in [0.1, 0.15) is 5.39 Å². The van der Waals surface area contributed by atoms with Crippen LogP contribution in [0.3, 0.4) is 0 Å². The third-order valence-electron chi connectivity index (χ3n) is 4.14. The molecule has 2 heterocycles. The van der Waals surface area contributed by atoms with Gasteiger partial charge in [0, 0.05) is 12.7 Å². The fraction of sp³-hybridized carbons (Fsp3) is 0.100. The molecule has 0 aliphatic carbocycles. The Morgan fingerprint density at radius 1 is 1.24 bits per heavy atom. The van der Waals surface area contributed by atoms with Gasteiger partial charge >= 0.3 is 5.69 Å². The van der Waals surface area contributed by atoms with Crippen LogP contribution in [0.2, 0.25) is 0 Å². The fourth-order valence-electron chi connectivity index (χ4n) is 2.72. The highest BCUT2D eigenvalue weighted by Gasteiger charge is 2.12. The molecule has 148 valence electrons. The van der Waals surface area contributed by atoms with Crippen LogP contribution in [-0.2, 0) is 6.42 Å². The van der Waals surface area contributed by atoms with Gasteiger partial charge in [0.15, 0.2) is 17.1 Å². The number of aromatic amines is 1. The van der Waals surface area contributed by atoms with E-state index in [0.29, 0.717) is 13.0 Å². The number of phenolic OH excluding ortho intramolecular Hbond substituents is 2. The molecule has 0 spiro atoms. The first-order valence-corrected chi connectivity index (χ1v) is 8.67. The van der Waals surface area contributed by atoms with Gasteiger partial charge in [0.2, 0.25) is 5.95 Å². The summed E-state index contributed by atoms with van der Waals surface area (Å²) in [5, 5.41) is 22.0. The molecule has 1 aromatic carbocycles. The van der Waals surface area contributed by atoms with Crippen LogP contribution >= 0.6 is 0 Å². The lowest BCUT2D eigenvalue weighted by Crippen LogP contribution is -2.34. The standard InChI is InChI=1S/C20H19N5O4/c1-3-5-13(4-2)25-18(28)14-11-22-19(23-17(14)24-20(25)29)21-9-8-12-6-7-15(26)16(27)10-12/h3-7,10-11,26-27H,1-2,8-9H2,(H2,21,22,23,24,29)/b13-5+. The molecule has 29 heavy (non-hydrogen) atoms. The summed E-state index contributed by atoms with van der Waals surface area (Å²) in [6.07, 6.45) is 6.18. The third kappa shape index (κ3) is 4.08. The van der Waals surface area contributed by atoms with Gasteiger partial charge in [-0.05, 0) is 36.3 Å². The molecule has 2 aromatic heterocycles. The van der Waals surface area contributed by atoms with Crippen LogP contribution in [0.1, 0.15) is 5.56 Å². The maximum absolute atomic E-state index is 12.7. The van der Waals surface area contributed by atoms with Crippen molar-refractivity contribution in [2.45, 2.75) is 6.42 Å². The van der Waals surface area contributed by atoms with E-state index in [0.717, 1.165) is 10.1 Å². The van der Waals surface area contributed by atoms with Crippen molar-refractivity contribution in [1.82, 2.24) is 19.5 Å². The number of hydrogen-bond acceptors (Lipinski definition) is 7. The van der Waals surface area contributed by atoms with Gasteiger partial charge in [-0.15, -0.1) is 0 Å². The topological polar surface area (TPSA) is 133 Å². The van der Waals surface area contributed by atoms with Gasteiger partial charge in [-0.25, -0.2) is 14.3 Å². The third-order valence-corrected chi connectivity index (χ3v) is 4.14. The zero-order valence-electron chi connectivity index (χ0n) is 15.4. The van der Waals surface area contributed by atoms with E-state index >= 15 is 0 Å². The molecule has 0 fully saturated rings. The Kier molecular flexibility index (Phi) is 5.59. The molecule has 3 aromatic rings. The SMILES string of the molecule is C=C/C=C(\C=C)n1c(=O)[nH]c2nc(NCCc3ccc(O)c(O)c3)ncc2c1=O. The van der Waals surface area contributed by atoms with Crippen LogP contribution in [0.4, 0.5) is 5.95 Å². The predicted molar refractivity (Wildman–Crippen MR) is 111 cm³/mol. The fourth-order valence-corrected chi connectivity index (χ4v) is 2.72. The lowest BCUT2D eigenvalue weighted by Gasteiger charge is -2.08. The van der Waals surface area contributed by atoms with Crippen LogP contribution in [0.15, 0.2) is 65.4 Å². The number of nitrogens with zero attached hydrogens (tertiary/aromatic N) is 3. The minimum Gasteiger partial charge on any atom is -0.504 e. The van der Waals surface area contributed by atoms with E-state index in [2.05, 4.69) is 33.4 Å². The summed E-state index contributed by atoms with van der Waals surface area (Å²) in [4.78, 5) is 35.9. The molecular formula is C20H19N5O4. The van der Waals surface area contributed by atoms with Crippen molar-refractivity contribution in [2.24, 2.45) is 0 Å². The van der Waals surface area contributed by atoms with Crippen molar-refractivity contribution >= 4 is 22.7 Å². The van der Waals surface area contributed by atoms with Crippen molar-refractivity contribution in [3.8, 4) is 11.5 Å². The Bertz CT molecular complexity index is 1240. The number of allylic oxidation sites excluding steroid dienone is 4. The zero-order chi connectivity index (χ0) is 21.0. The molecule has 0 amide bonds. The molecule has 0 saturated carbocycles. The Morgan fingerprint density at radius 2 is 2.03 bits per heavy atom. The summed E-state index contributed by atoms with van der Waals surface area (Å²) in [5.74, 6) is -0.140. The molecule has 0 saturated heterocycles. The number of rotatable bonds is 7. The molecular weight excluding hydrogens is 374 g/mol. The normalized spacial score (nSPS) is 11.4. The van der Waals surface area contributed by atoms with Crippen LogP contribution < -0.4 is 16.6 Å². The lowest BCUT2D eigenvalue weighted by molar-refractivity contribution is 0.403. The number of aromatic hydroxyl groups is 2. The second-order valence-electron chi connectivity index (χ2n) is 6.06. The number of anilines is 1. The molecule has 3 rings (SSSR count). The van der Waals surface area contributed by atoms with Gasteiger partial charge in [-0.2, -0.15) is 4.98 Å². The van der Waals surface area contributed by atoms with E-state index < -0.39 is 11.2 Å². The van der Waals surface area contributed by atoms with Crippen LogP contribution in [0.25, 0.3) is 16.7 Å². The van der Waals surface area contributed by atoms with Gasteiger partial charge in [0.05, 0.1) is 5.70 Å². The molecule has 0 atom stereocenters. The van der Waals surface area contributed by atoms with Gasteiger partial charge < -0.3 is 15.5 Å². The number of aromatic nitrogens is 4. The Morgan fingerprint density at radius 3 is 2.72 bits per heavy atom. The van der Waals surface area contributed by atoms with Crippen molar-refractivity contribution in [3.63, 3.8) is 0 Å². The van der Waals surface area contributed by atoms with Crippen LogP contribution in [0, 0.1) is 0 Å². The van der Waals surface area contributed by atoms with E-state index in [1.54, 1.807) is 6.07 Å². The number of hydrogen-bond donors (Lipinski definition) is 4. The Hall–Kier alpha value is -4.14. The summed E-state index contributed by atoms with van der Waals surface area (Å²) in [6, 6.07) is 4.56. The maximum atomic E-state index is 12.7. The minimum absolute atomic E-state index is 0.109. The van der Waals surface area contributed by atoms with Gasteiger partial charge in [-0.1, -0.05) is 25.3 Å². The minimum atomic E-state index is -0.653. The quantitative estimate of drug-likeness (QED) is 0.355. The first-order chi connectivity index (χ1) is 13.9. The molecule has 4 N–H and O–H groups in total. The van der Waals surface area contributed by atoms with Crippen LogP contribution in [-0.4, -0.2) is 36.3 Å². The molecule has 0 radical (unpaired) electrons. The highest BCUT2D eigenvalue weighted by molar-refractivity contribution is 5.74. The number of phenols is 2. The van der Waals surface area contributed by atoms with Gasteiger partial charge in [-0.3, -0.25) is 9.78 Å². The summed E-state index contributed by atoms with van der Waals surface area (Å²) >= 11 is 0. The first-order valence-electron chi connectivity index (χ1n) is 8.67. The zero-order valence-corrected chi connectivity index (χ0v) is 15.4. The summed E-state index contributed by atoms with van der Waals surface area (Å²) in [5.41, 5.74) is -0.0241. The van der Waals surface area contributed by atoms with Gasteiger partial charge in [0.25, 0.3) is 5.56 Å². The highest BCUT2D eigenvalue weighted by atomic mass is 16.3. The van der Waals surface area contributed by atoms with E-state index in [9.17, 15) is 19.8 Å². The smallest absolute Gasteiger partial charge is 0.334 e. The molecule has 0 aliphatic rings. The number of H-pyrrole nitrogens is 1. The highest BCUT2D eigenvalue weighted by Crippen LogP contribution is 2.24. The summed E-state index contributed by atoms with van der Waals surface area (Å²) < 4.78 is 0.935. The second-order valence-corrected chi connectivity index (χ2v) is 6.06. The first kappa shape index (κ1) is 19.6. The Labute approximate surface area is 165 Å². The van der Waals surface area contributed by atoms with Crippen molar-refractivity contribution in [1.29, 1.82) is 0 Å². The second kappa shape index (κ2) is 8.26. The summed E-state index contributed by atoms with van der Waals surface area (Å²) in [6.45, 7) is 7.59. The van der Waals surface area contributed by atoms with E-state index in [1.807, 2.05) is 0 Å². The predicted octanol–water partition coefficient (Wildman–Crippen LogP) is 1.76. The Balaban J connectivity index is 1.85. The van der Waals surface area contributed by atoms with Crippen molar-refractivity contribution < 1.29 is 10.2 Å². The van der Waals surface area contributed by atoms with E-state index in [-0.39, 0.29) is 34.2 Å². The average molecular weight is 393 g/mol. The largest absolute Gasteiger partial charge is 0.504 e. The molecule has 0 aliphatic heterocycles. The van der Waals surface area contributed by atoms with Crippen molar-refractivity contribution in [3.05, 3.63) is 82.2 Å². The summed E-state index contributed by atoms with van der Waals surface area (Å²) in [7, 11) is 0.